The molecular weight excluding hydrogens is 368 g/mol. The van der Waals surface area contributed by atoms with Crippen LogP contribution in [0.25, 0.3) is 0 Å². The van der Waals surface area contributed by atoms with Crippen molar-refractivity contribution in [2.24, 2.45) is 0 Å². The van der Waals surface area contributed by atoms with Gasteiger partial charge in [-0.05, 0) is 41.5 Å². The van der Waals surface area contributed by atoms with Gasteiger partial charge in [0.25, 0.3) is 0 Å². The second-order valence-electron chi connectivity index (χ2n) is 7.66. The van der Waals surface area contributed by atoms with Crippen molar-refractivity contribution < 1.29 is 0 Å². The molecule has 0 unspecified atom stereocenters. The number of benzene rings is 2. The molecule has 5 rings (SSSR count). The van der Waals surface area contributed by atoms with Gasteiger partial charge < -0.3 is 5.32 Å². The Hall–Kier alpha value is -2.43. The van der Waals surface area contributed by atoms with Crippen LogP contribution in [-0.2, 0) is 25.9 Å². The third-order valence-corrected chi connectivity index (χ3v) is 6.25. The van der Waals surface area contributed by atoms with Crippen molar-refractivity contribution in [3.05, 3.63) is 87.8 Å². The predicted molar refractivity (Wildman–Crippen MR) is 112 cm³/mol. The summed E-state index contributed by atoms with van der Waals surface area (Å²) in [5.74, 6) is 0.874. The molecule has 5 heteroatoms. The molecule has 4 nitrogen and oxygen atoms in total. The first-order valence-electron chi connectivity index (χ1n) is 9.91. The molecule has 0 saturated carbocycles. The normalized spacial score (nSPS) is 18.1. The first kappa shape index (κ1) is 17.7. The van der Waals surface area contributed by atoms with E-state index in [4.69, 9.17) is 11.6 Å². The van der Waals surface area contributed by atoms with E-state index in [0.717, 1.165) is 50.3 Å². The van der Waals surface area contributed by atoms with Crippen LogP contribution in [0.1, 0.15) is 40.3 Å². The Morgan fingerprint density at radius 2 is 1.68 bits per heavy atom. The van der Waals surface area contributed by atoms with Crippen LogP contribution in [0.3, 0.4) is 0 Å². The number of aromatic nitrogens is 2. The summed E-state index contributed by atoms with van der Waals surface area (Å²) in [6, 6.07) is 17.6. The second-order valence-corrected chi connectivity index (χ2v) is 8.01. The Balaban J connectivity index is 1.31. The van der Waals surface area contributed by atoms with E-state index >= 15 is 0 Å². The number of rotatable bonds is 5. The zero-order valence-corrected chi connectivity index (χ0v) is 16.5. The van der Waals surface area contributed by atoms with Crippen molar-refractivity contribution in [1.29, 1.82) is 0 Å². The van der Waals surface area contributed by atoms with Crippen LogP contribution in [0.15, 0.2) is 54.9 Å². The summed E-state index contributed by atoms with van der Waals surface area (Å²) >= 11 is 6.48. The molecule has 0 spiro atoms. The molecule has 0 amide bonds. The number of nitrogens with one attached hydrogen (secondary N) is 1. The Morgan fingerprint density at radius 1 is 0.964 bits per heavy atom. The lowest BCUT2D eigenvalue weighted by Crippen LogP contribution is -2.21. The number of fused-ring (bicyclic) bond motifs is 2. The summed E-state index contributed by atoms with van der Waals surface area (Å²) in [4.78, 5) is 11.2. The molecular formula is C23H23ClN4. The maximum absolute atomic E-state index is 6.48. The van der Waals surface area contributed by atoms with E-state index in [-0.39, 0.29) is 6.04 Å². The van der Waals surface area contributed by atoms with Crippen molar-refractivity contribution in [1.82, 2.24) is 14.9 Å². The number of hydrogen-bond donors (Lipinski definition) is 1. The fraction of sp³-hybridized carbons (Fsp3) is 0.304. The van der Waals surface area contributed by atoms with Crippen LogP contribution in [0.5, 0.6) is 0 Å². The van der Waals surface area contributed by atoms with Gasteiger partial charge in [-0.15, -0.1) is 0 Å². The molecule has 0 radical (unpaired) electrons. The van der Waals surface area contributed by atoms with Crippen molar-refractivity contribution >= 4 is 17.4 Å². The van der Waals surface area contributed by atoms with Crippen LogP contribution in [0, 0.1) is 0 Å². The largest absolute Gasteiger partial charge is 0.363 e. The SMILES string of the molecule is Clc1ncnc(N[C@H]2CCc3ccccc32)c1CCN1Cc2ccccc2C1. The van der Waals surface area contributed by atoms with Crippen LogP contribution in [0.4, 0.5) is 5.82 Å². The minimum absolute atomic E-state index is 0.289. The smallest absolute Gasteiger partial charge is 0.137 e. The Bertz CT molecular complexity index is 978. The third kappa shape index (κ3) is 3.38. The predicted octanol–water partition coefficient (Wildman–Crippen LogP) is 4.79. The zero-order chi connectivity index (χ0) is 18.9. The summed E-state index contributed by atoms with van der Waals surface area (Å²) in [6.07, 6.45) is 4.58. The van der Waals surface area contributed by atoms with E-state index in [2.05, 4.69) is 68.7 Å². The first-order valence-corrected chi connectivity index (χ1v) is 10.3. The summed E-state index contributed by atoms with van der Waals surface area (Å²) < 4.78 is 0. The number of anilines is 1. The molecule has 2 aromatic carbocycles. The fourth-order valence-electron chi connectivity index (χ4n) is 4.44. The van der Waals surface area contributed by atoms with Crippen molar-refractivity contribution in [2.45, 2.75) is 38.4 Å². The van der Waals surface area contributed by atoms with Gasteiger partial charge in [-0.3, -0.25) is 4.90 Å². The Kier molecular flexibility index (Phi) is 4.75. The second kappa shape index (κ2) is 7.53. The number of nitrogens with zero attached hydrogens (tertiary/aromatic N) is 3. The van der Waals surface area contributed by atoms with E-state index in [9.17, 15) is 0 Å². The van der Waals surface area contributed by atoms with Gasteiger partial charge in [0.15, 0.2) is 0 Å². The van der Waals surface area contributed by atoms with Crippen LogP contribution < -0.4 is 5.32 Å². The molecule has 2 heterocycles. The molecule has 3 aromatic rings. The molecule has 28 heavy (non-hydrogen) atoms. The third-order valence-electron chi connectivity index (χ3n) is 5.92. The van der Waals surface area contributed by atoms with Crippen LogP contribution in [-0.4, -0.2) is 21.4 Å². The van der Waals surface area contributed by atoms with E-state index in [1.165, 1.54) is 22.3 Å². The molecule has 1 atom stereocenters. The highest BCUT2D eigenvalue weighted by Gasteiger charge is 2.24. The lowest BCUT2D eigenvalue weighted by atomic mass is 10.1. The molecule has 142 valence electrons. The van der Waals surface area contributed by atoms with Gasteiger partial charge in [-0.1, -0.05) is 60.1 Å². The maximum Gasteiger partial charge on any atom is 0.137 e. The van der Waals surface area contributed by atoms with Crippen molar-refractivity contribution in [3.63, 3.8) is 0 Å². The minimum Gasteiger partial charge on any atom is -0.363 e. The standard InChI is InChI=1S/C23H23ClN4/c24-22-20(11-12-28-13-17-6-1-2-7-18(17)14-28)23(26-15-25-22)27-21-10-9-16-5-3-4-8-19(16)21/h1-8,15,21H,9-14H2,(H,25,26,27)/t21-/m0/s1. The highest BCUT2D eigenvalue weighted by Crippen LogP contribution is 2.35. The quantitative estimate of drug-likeness (QED) is 0.636. The van der Waals surface area contributed by atoms with Crippen LogP contribution >= 0.6 is 11.6 Å². The summed E-state index contributed by atoms with van der Waals surface area (Å²) in [5.41, 5.74) is 6.68. The zero-order valence-electron chi connectivity index (χ0n) is 15.7. The van der Waals surface area contributed by atoms with Gasteiger partial charge in [0, 0.05) is 25.2 Å². The van der Waals surface area contributed by atoms with Crippen molar-refractivity contribution in [3.8, 4) is 0 Å². The summed E-state index contributed by atoms with van der Waals surface area (Å²) in [5, 5.41) is 4.20. The van der Waals surface area contributed by atoms with E-state index in [1.54, 1.807) is 6.33 Å². The molecule has 1 aliphatic heterocycles. The number of hydrogen-bond acceptors (Lipinski definition) is 4. The Labute approximate surface area is 170 Å². The maximum atomic E-state index is 6.48. The topological polar surface area (TPSA) is 41.1 Å². The molecule has 0 saturated heterocycles. The Morgan fingerprint density at radius 3 is 2.46 bits per heavy atom. The molecule has 0 bridgehead atoms. The van der Waals surface area contributed by atoms with Gasteiger partial charge in [0.2, 0.25) is 0 Å². The first-order chi connectivity index (χ1) is 13.8. The monoisotopic (exact) mass is 390 g/mol. The van der Waals surface area contributed by atoms with Gasteiger partial charge in [-0.25, -0.2) is 9.97 Å². The van der Waals surface area contributed by atoms with E-state index in [0.29, 0.717) is 5.15 Å². The van der Waals surface area contributed by atoms with Gasteiger partial charge in [0.1, 0.15) is 17.3 Å². The molecule has 1 aromatic heterocycles. The average Bonchev–Trinajstić information content (AvgIpc) is 3.31. The molecule has 2 aliphatic rings. The summed E-state index contributed by atoms with van der Waals surface area (Å²) in [7, 11) is 0. The van der Waals surface area contributed by atoms with E-state index < -0.39 is 0 Å². The lowest BCUT2D eigenvalue weighted by Gasteiger charge is -2.20. The van der Waals surface area contributed by atoms with Crippen molar-refractivity contribution in [2.75, 3.05) is 11.9 Å². The number of halogens is 1. The summed E-state index contributed by atoms with van der Waals surface area (Å²) in [6.45, 7) is 2.94. The molecule has 1 N–H and O–H groups in total. The van der Waals surface area contributed by atoms with Gasteiger partial charge in [-0.2, -0.15) is 0 Å². The van der Waals surface area contributed by atoms with E-state index in [1.807, 2.05) is 0 Å². The fourth-order valence-corrected chi connectivity index (χ4v) is 4.67. The molecule has 1 aliphatic carbocycles. The average molecular weight is 391 g/mol. The molecule has 0 fully saturated rings. The lowest BCUT2D eigenvalue weighted by molar-refractivity contribution is 0.288. The highest BCUT2D eigenvalue weighted by atomic mass is 35.5. The minimum atomic E-state index is 0.289. The van der Waals surface area contributed by atoms with Crippen LogP contribution in [0.2, 0.25) is 5.15 Å². The van der Waals surface area contributed by atoms with Gasteiger partial charge in [0.05, 0.1) is 6.04 Å². The highest BCUT2D eigenvalue weighted by molar-refractivity contribution is 6.30. The number of aryl methyl sites for hydroxylation is 1. The van der Waals surface area contributed by atoms with Gasteiger partial charge >= 0.3 is 0 Å².